The summed E-state index contributed by atoms with van der Waals surface area (Å²) in [5.41, 5.74) is 0.929. The van der Waals surface area contributed by atoms with E-state index in [2.05, 4.69) is 28.9 Å². The second-order valence-corrected chi connectivity index (χ2v) is 4.57. The van der Waals surface area contributed by atoms with Gasteiger partial charge in [-0.25, -0.2) is 0 Å². The standard InChI is InChI=1S/C15H21N3O/c1-5-18(6-2)12(4)19-15-14-10-8-7-9-13(14)11(3)16-17-15/h7-10,12H,5-6H2,1-4H3. The Morgan fingerprint density at radius 3 is 2.37 bits per heavy atom. The van der Waals surface area contributed by atoms with Gasteiger partial charge in [0.2, 0.25) is 5.88 Å². The Labute approximate surface area is 114 Å². The molecular weight excluding hydrogens is 238 g/mol. The molecule has 1 aromatic carbocycles. The summed E-state index contributed by atoms with van der Waals surface area (Å²) >= 11 is 0. The van der Waals surface area contributed by atoms with Gasteiger partial charge in [-0.1, -0.05) is 32.0 Å². The van der Waals surface area contributed by atoms with Gasteiger partial charge >= 0.3 is 0 Å². The number of aromatic nitrogens is 2. The third-order valence-corrected chi connectivity index (χ3v) is 3.45. The van der Waals surface area contributed by atoms with Gasteiger partial charge in [0.15, 0.2) is 6.23 Å². The van der Waals surface area contributed by atoms with E-state index in [1.165, 1.54) is 0 Å². The molecule has 0 aliphatic heterocycles. The Kier molecular flexibility index (Phi) is 4.32. The van der Waals surface area contributed by atoms with Crippen molar-refractivity contribution >= 4 is 10.8 Å². The first-order valence-electron chi connectivity index (χ1n) is 6.80. The Hall–Kier alpha value is -1.68. The van der Waals surface area contributed by atoms with Gasteiger partial charge in [-0.3, -0.25) is 4.90 Å². The predicted molar refractivity (Wildman–Crippen MR) is 77.3 cm³/mol. The van der Waals surface area contributed by atoms with Crippen molar-refractivity contribution in [2.45, 2.75) is 33.9 Å². The maximum Gasteiger partial charge on any atom is 0.242 e. The minimum absolute atomic E-state index is 0.00425. The van der Waals surface area contributed by atoms with Crippen molar-refractivity contribution in [1.82, 2.24) is 15.1 Å². The molecule has 2 rings (SSSR count). The summed E-state index contributed by atoms with van der Waals surface area (Å²) < 4.78 is 5.98. The van der Waals surface area contributed by atoms with Crippen LogP contribution in [0, 0.1) is 6.92 Å². The summed E-state index contributed by atoms with van der Waals surface area (Å²) in [6, 6.07) is 8.09. The molecule has 0 saturated heterocycles. The SMILES string of the molecule is CCN(CC)C(C)Oc1nnc(C)c2ccccc12. The van der Waals surface area contributed by atoms with Gasteiger partial charge in [-0.05, 0) is 33.0 Å². The zero-order chi connectivity index (χ0) is 13.8. The van der Waals surface area contributed by atoms with Crippen molar-refractivity contribution < 1.29 is 4.74 Å². The summed E-state index contributed by atoms with van der Waals surface area (Å²) in [6.07, 6.45) is -0.00425. The van der Waals surface area contributed by atoms with Crippen LogP contribution in [0.25, 0.3) is 10.8 Å². The van der Waals surface area contributed by atoms with Crippen LogP contribution >= 0.6 is 0 Å². The van der Waals surface area contributed by atoms with E-state index < -0.39 is 0 Å². The fourth-order valence-electron chi connectivity index (χ4n) is 2.27. The van der Waals surface area contributed by atoms with Crippen molar-refractivity contribution in [3.63, 3.8) is 0 Å². The summed E-state index contributed by atoms with van der Waals surface area (Å²) in [5, 5.41) is 10.5. The first kappa shape index (κ1) is 13.7. The van der Waals surface area contributed by atoms with Gasteiger partial charge in [0.1, 0.15) is 0 Å². The molecule has 2 aromatic rings. The lowest BCUT2D eigenvalue weighted by molar-refractivity contribution is 0.0449. The number of nitrogens with zero attached hydrogens (tertiary/aromatic N) is 3. The smallest absolute Gasteiger partial charge is 0.242 e. The highest BCUT2D eigenvalue weighted by Crippen LogP contribution is 2.25. The molecule has 0 N–H and O–H groups in total. The van der Waals surface area contributed by atoms with Gasteiger partial charge < -0.3 is 4.74 Å². The van der Waals surface area contributed by atoms with E-state index >= 15 is 0 Å². The molecular formula is C15H21N3O. The van der Waals surface area contributed by atoms with Gasteiger partial charge in [0.05, 0.1) is 5.69 Å². The topological polar surface area (TPSA) is 38.2 Å². The number of hydrogen-bond donors (Lipinski definition) is 0. The lowest BCUT2D eigenvalue weighted by Crippen LogP contribution is -2.37. The van der Waals surface area contributed by atoms with Crippen molar-refractivity contribution in [3.05, 3.63) is 30.0 Å². The zero-order valence-corrected chi connectivity index (χ0v) is 12.1. The third kappa shape index (κ3) is 2.84. The molecule has 19 heavy (non-hydrogen) atoms. The molecule has 0 aliphatic carbocycles. The van der Waals surface area contributed by atoms with E-state index in [1.807, 2.05) is 38.1 Å². The maximum absolute atomic E-state index is 5.98. The molecule has 0 aliphatic rings. The molecule has 1 unspecified atom stereocenters. The predicted octanol–water partition coefficient (Wildman–Crippen LogP) is 3.00. The highest BCUT2D eigenvalue weighted by atomic mass is 16.5. The molecule has 0 saturated carbocycles. The van der Waals surface area contributed by atoms with Crippen LogP contribution in [0.5, 0.6) is 5.88 Å². The average Bonchev–Trinajstić information content (AvgIpc) is 2.44. The van der Waals surface area contributed by atoms with Crippen LogP contribution in [0.2, 0.25) is 0 Å². The lowest BCUT2D eigenvalue weighted by Gasteiger charge is -2.26. The summed E-state index contributed by atoms with van der Waals surface area (Å²) in [6.45, 7) is 10.2. The number of hydrogen-bond acceptors (Lipinski definition) is 4. The molecule has 4 heteroatoms. The minimum atomic E-state index is -0.00425. The molecule has 0 radical (unpaired) electrons. The molecule has 102 valence electrons. The van der Waals surface area contributed by atoms with Crippen molar-refractivity contribution in [3.8, 4) is 5.88 Å². The van der Waals surface area contributed by atoms with Crippen LogP contribution < -0.4 is 4.74 Å². The summed E-state index contributed by atoms with van der Waals surface area (Å²) in [4.78, 5) is 2.23. The van der Waals surface area contributed by atoms with Crippen LogP contribution in [-0.4, -0.2) is 34.4 Å². The van der Waals surface area contributed by atoms with Gasteiger partial charge in [0.25, 0.3) is 0 Å². The van der Waals surface area contributed by atoms with E-state index in [4.69, 9.17) is 4.74 Å². The number of aryl methyl sites for hydroxylation is 1. The number of rotatable bonds is 5. The summed E-state index contributed by atoms with van der Waals surface area (Å²) in [5.74, 6) is 0.612. The molecule has 4 nitrogen and oxygen atoms in total. The van der Waals surface area contributed by atoms with E-state index in [0.29, 0.717) is 5.88 Å². The first-order chi connectivity index (χ1) is 9.17. The van der Waals surface area contributed by atoms with E-state index in [9.17, 15) is 0 Å². The van der Waals surface area contributed by atoms with E-state index in [-0.39, 0.29) is 6.23 Å². The van der Waals surface area contributed by atoms with Crippen LogP contribution in [0.15, 0.2) is 24.3 Å². The second kappa shape index (κ2) is 5.97. The lowest BCUT2D eigenvalue weighted by atomic mass is 10.1. The molecule has 0 amide bonds. The van der Waals surface area contributed by atoms with Crippen LogP contribution in [-0.2, 0) is 0 Å². The highest BCUT2D eigenvalue weighted by molar-refractivity contribution is 5.88. The van der Waals surface area contributed by atoms with Crippen LogP contribution in [0.1, 0.15) is 26.5 Å². The number of fused-ring (bicyclic) bond motifs is 1. The van der Waals surface area contributed by atoms with Gasteiger partial charge in [-0.2, -0.15) is 5.10 Å². The largest absolute Gasteiger partial charge is 0.457 e. The third-order valence-electron chi connectivity index (χ3n) is 3.45. The van der Waals surface area contributed by atoms with Gasteiger partial charge in [0, 0.05) is 10.8 Å². The quantitative estimate of drug-likeness (QED) is 0.774. The van der Waals surface area contributed by atoms with Crippen LogP contribution in [0.4, 0.5) is 0 Å². The maximum atomic E-state index is 5.98. The second-order valence-electron chi connectivity index (χ2n) is 4.57. The van der Waals surface area contributed by atoms with Crippen LogP contribution in [0.3, 0.4) is 0 Å². The number of benzene rings is 1. The molecule has 0 spiro atoms. The highest BCUT2D eigenvalue weighted by Gasteiger charge is 2.15. The molecule has 1 aromatic heterocycles. The summed E-state index contributed by atoms with van der Waals surface area (Å²) in [7, 11) is 0. The molecule has 0 fully saturated rings. The van der Waals surface area contributed by atoms with Gasteiger partial charge in [-0.15, -0.1) is 5.10 Å². The molecule has 1 atom stereocenters. The van der Waals surface area contributed by atoms with Crippen molar-refractivity contribution in [2.24, 2.45) is 0 Å². The first-order valence-corrected chi connectivity index (χ1v) is 6.80. The fourth-order valence-corrected chi connectivity index (χ4v) is 2.27. The van der Waals surface area contributed by atoms with Crippen molar-refractivity contribution in [2.75, 3.05) is 13.1 Å². The van der Waals surface area contributed by atoms with E-state index in [1.54, 1.807) is 0 Å². The Morgan fingerprint density at radius 1 is 1.11 bits per heavy atom. The number of ether oxygens (including phenoxy) is 1. The Morgan fingerprint density at radius 2 is 1.74 bits per heavy atom. The van der Waals surface area contributed by atoms with Crippen molar-refractivity contribution in [1.29, 1.82) is 0 Å². The normalized spacial score (nSPS) is 12.9. The Balaban J connectivity index is 2.33. The monoisotopic (exact) mass is 259 g/mol. The fraction of sp³-hybridized carbons (Fsp3) is 0.467. The average molecular weight is 259 g/mol. The minimum Gasteiger partial charge on any atom is -0.457 e. The Bertz CT molecular complexity index is 552. The zero-order valence-electron chi connectivity index (χ0n) is 12.1. The molecule has 0 bridgehead atoms. The molecule has 1 heterocycles. The van der Waals surface area contributed by atoms with E-state index in [0.717, 1.165) is 29.6 Å².